The first-order valence-corrected chi connectivity index (χ1v) is 20.9. The van der Waals surface area contributed by atoms with Crippen LogP contribution in [-0.2, 0) is 0 Å². The van der Waals surface area contributed by atoms with Crippen molar-refractivity contribution in [3.05, 3.63) is 130 Å². The van der Waals surface area contributed by atoms with Gasteiger partial charge in [0.15, 0.2) is 49.8 Å². The quantitative estimate of drug-likeness (QED) is 0.0841. The summed E-state index contributed by atoms with van der Waals surface area (Å²) < 4.78 is 54.7. The van der Waals surface area contributed by atoms with Crippen LogP contribution in [0.4, 0.5) is 42.0 Å². The molecule has 0 bridgehead atoms. The number of nitrogens with zero attached hydrogens (tertiary/aromatic N) is 3. The SMILES string of the molecule is CC(C)c1cccc(C(C)C)c1NC(=S)Nc1noc2cc(F)ccc12.CNC(=S)Nc1noc2c(F)cccc12.Cc1cccc(Cl)c1NC(=S)Nc1noc2cc(F)ccc12. The number of nitrogens with one attached hydrogen (secondary N) is 6. The minimum Gasteiger partial charge on any atom is -0.365 e. The molecule has 0 unspecified atom stereocenters. The second-order valence-corrected chi connectivity index (χ2v) is 16.0. The summed E-state index contributed by atoms with van der Waals surface area (Å²) in [6.07, 6.45) is 0. The van der Waals surface area contributed by atoms with Crippen LogP contribution >= 0.6 is 48.3 Å². The van der Waals surface area contributed by atoms with Gasteiger partial charge in [0.1, 0.15) is 11.6 Å². The minimum atomic E-state index is -0.441. The Balaban J connectivity index is 0.000000163. The smallest absolute Gasteiger partial charge is 0.204 e. The molecule has 0 amide bonds. The second kappa shape index (κ2) is 20.7. The molecule has 12 nitrogen and oxygen atoms in total. The standard InChI is InChI=1S/C20H22FN3OS.C15H11ClFN3OS.C9H8FN3OS/c1-11(2)14-6-5-7-15(12(3)4)18(14)22-20(26)23-19-16-9-8-13(21)10-17(16)25-24-19;1-8-3-2-4-11(16)13(8)18-15(22)19-14-10-6-5-9(17)7-12(10)21-20-14;1-11-9(15)12-8-5-3-2-4-6(10)7(5)14-13-8/h5-12H,1-4H3,(H2,22,23,24,26);2-7H,1H3,(H2,18,19,20,22);2-4H,1H3,(H2,11,12,13,15). The number of rotatable bonds is 7. The molecule has 0 saturated heterocycles. The molecule has 0 fully saturated rings. The molecule has 0 atom stereocenters. The molecule has 6 N–H and O–H groups in total. The van der Waals surface area contributed by atoms with Crippen LogP contribution < -0.4 is 31.9 Å². The summed E-state index contributed by atoms with van der Waals surface area (Å²) in [4.78, 5) is 0. The Morgan fingerprint density at radius 3 is 1.57 bits per heavy atom. The van der Waals surface area contributed by atoms with Gasteiger partial charge in [0.2, 0.25) is 5.58 Å². The van der Waals surface area contributed by atoms with E-state index in [1.54, 1.807) is 37.4 Å². The van der Waals surface area contributed by atoms with E-state index in [-0.39, 0.29) is 17.2 Å². The Morgan fingerprint density at radius 1 is 0.571 bits per heavy atom. The maximum absolute atomic E-state index is 13.3. The van der Waals surface area contributed by atoms with E-state index in [9.17, 15) is 13.2 Å². The number of thiocarbonyl (C=S) groups is 3. The lowest BCUT2D eigenvalue weighted by molar-refractivity contribution is 0.443. The summed E-state index contributed by atoms with van der Waals surface area (Å²) in [7, 11) is 1.68. The van der Waals surface area contributed by atoms with Crippen LogP contribution in [-0.4, -0.2) is 37.9 Å². The van der Waals surface area contributed by atoms with Gasteiger partial charge in [0.05, 0.1) is 26.9 Å². The van der Waals surface area contributed by atoms with Crippen molar-refractivity contribution in [3.63, 3.8) is 0 Å². The highest BCUT2D eigenvalue weighted by Crippen LogP contribution is 2.33. The zero-order chi connectivity index (χ0) is 45.4. The van der Waals surface area contributed by atoms with Crippen LogP contribution in [0.25, 0.3) is 32.9 Å². The Hall–Kier alpha value is -6.34. The van der Waals surface area contributed by atoms with Crippen LogP contribution in [0.5, 0.6) is 0 Å². The Kier molecular flexibility index (Phi) is 15.2. The van der Waals surface area contributed by atoms with Gasteiger partial charge in [-0.1, -0.05) is 91.2 Å². The van der Waals surface area contributed by atoms with Crippen molar-refractivity contribution in [2.24, 2.45) is 0 Å². The number of halogens is 4. The number of anilines is 5. The van der Waals surface area contributed by atoms with E-state index in [4.69, 9.17) is 61.8 Å². The summed E-state index contributed by atoms with van der Waals surface area (Å²) in [5.74, 6) is 0.802. The third-order valence-corrected chi connectivity index (χ3v) is 10.3. The van der Waals surface area contributed by atoms with Gasteiger partial charge in [-0.05, 0) is 115 Å². The number of benzene rings is 5. The normalized spacial score (nSPS) is 10.9. The van der Waals surface area contributed by atoms with Gasteiger partial charge in [0, 0.05) is 24.9 Å². The van der Waals surface area contributed by atoms with E-state index in [0.717, 1.165) is 16.9 Å². The average Bonchev–Trinajstić information content (AvgIpc) is 3.96. The fourth-order valence-corrected chi connectivity index (χ4v) is 6.95. The number of aromatic nitrogens is 3. The summed E-state index contributed by atoms with van der Waals surface area (Å²) in [6.45, 7) is 10.5. The van der Waals surface area contributed by atoms with Crippen molar-refractivity contribution in [2.45, 2.75) is 46.5 Å². The zero-order valence-corrected chi connectivity index (χ0v) is 37.8. The molecule has 0 radical (unpaired) electrons. The summed E-state index contributed by atoms with van der Waals surface area (Å²) in [6, 6.07) is 24.9. The van der Waals surface area contributed by atoms with Crippen molar-refractivity contribution in [3.8, 4) is 0 Å². The molecule has 5 aromatic carbocycles. The first-order valence-electron chi connectivity index (χ1n) is 19.3. The lowest BCUT2D eigenvalue weighted by Crippen LogP contribution is -2.24. The van der Waals surface area contributed by atoms with Crippen LogP contribution in [0.3, 0.4) is 0 Å². The van der Waals surface area contributed by atoms with Crippen molar-refractivity contribution < 1.29 is 26.7 Å². The highest BCUT2D eigenvalue weighted by Gasteiger charge is 2.17. The highest BCUT2D eigenvalue weighted by atomic mass is 35.5. The molecule has 0 saturated carbocycles. The third-order valence-electron chi connectivity index (χ3n) is 9.31. The van der Waals surface area contributed by atoms with Gasteiger partial charge in [0.25, 0.3) is 0 Å². The first-order chi connectivity index (χ1) is 30.1. The molecule has 63 heavy (non-hydrogen) atoms. The maximum Gasteiger partial charge on any atom is 0.204 e. The predicted octanol–water partition coefficient (Wildman–Crippen LogP) is 12.6. The van der Waals surface area contributed by atoms with Crippen molar-refractivity contribution in [2.75, 3.05) is 33.6 Å². The van der Waals surface area contributed by atoms with Crippen molar-refractivity contribution >= 4 is 125 Å². The minimum absolute atomic E-state index is 0.124. The van der Waals surface area contributed by atoms with E-state index in [1.165, 1.54) is 41.5 Å². The number of hydrogen-bond acceptors (Lipinski definition) is 9. The van der Waals surface area contributed by atoms with E-state index in [2.05, 4.69) is 93.3 Å². The third kappa shape index (κ3) is 11.4. The van der Waals surface area contributed by atoms with Gasteiger partial charge < -0.3 is 45.5 Å². The maximum atomic E-state index is 13.3. The largest absolute Gasteiger partial charge is 0.365 e. The van der Waals surface area contributed by atoms with Crippen LogP contribution in [0.15, 0.2) is 105 Å². The molecule has 8 aromatic rings. The van der Waals surface area contributed by atoms with Gasteiger partial charge in [-0.15, -0.1) is 0 Å². The molecule has 3 heterocycles. The van der Waals surface area contributed by atoms with Gasteiger partial charge in [-0.2, -0.15) is 0 Å². The number of hydrogen-bond donors (Lipinski definition) is 6. The van der Waals surface area contributed by atoms with E-state index >= 15 is 0 Å². The second-order valence-electron chi connectivity index (χ2n) is 14.4. The number of para-hydroxylation sites is 3. The molecule has 0 aliphatic heterocycles. The molecule has 326 valence electrons. The highest BCUT2D eigenvalue weighted by molar-refractivity contribution is 7.81. The molecule has 19 heteroatoms. The molecule has 3 aromatic heterocycles. The summed E-state index contributed by atoms with van der Waals surface area (Å²) in [5, 5.41) is 32.9. The Morgan fingerprint density at radius 2 is 1.05 bits per heavy atom. The summed E-state index contributed by atoms with van der Waals surface area (Å²) >= 11 is 21.8. The van der Waals surface area contributed by atoms with Crippen LogP contribution in [0.2, 0.25) is 5.02 Å². The Bertz CT molecular complexity index is 2890. The van der Waals surface area contributed by atoms with E-state index in [0.29, 0.717) is 77.0 Å². The van der Waals surface area contributed by atoms with E-state index in [1.807, 2.05) is 19.1 Å². The molecule has 8 rings (SSSR count). The lowest BCUT2D eigenvalue weighted by Gasteiger charge is -2.21. The molecular formula is C44H41ClF3N9O3S3. The Labute approximate surface area is 381 Å². The zero-order valence-electron chi connectivity index (χ0n) is 34.6. The monoisotopic (exact) mass is 931 g/mol. The first kappa shape index (κ1) is 46.2. The van der Waals surface area contributed by atoms with Crippen LogP contribution in [0, 0.1) is 24.4 Å². The molecule has 0 aliphatic rings. The van der Waals surface area contributed by atoms with Gasteiger partial charge in [-0.3, -0.25) is 0 Å². The summed E-state index contributed by atoms with van der Waals surface area (Å²) in [5.41, 5.74) is 5.96. The van der Waals surface area contributed by atoms with Crippen molar-refractivity contribution in [1.82, 2.24) is 20.8 Å². The van der Waals surface area contributed by atoms with Crippen LogP contribution in [0.1, 0.15) is 56.2 Å². The number of aryl methyl sites for hydroxylation is 1. The topological polar surface area (TPSA) is 150 Å². The molecule has 0 aliphatic carbocycles. The van der Waals surface area contributed by atoms with E-state index < -0.39 is 5.82 Å². The fourth-order valence-electron chi connectivity index (χ4n) is 6.18. The average molecular weight is 933 g/mol. The molecular weight excluding hydrogens is 891 g/mol. The van der Waals surface area contributed by atoms with Crippen molar-refractivity contribution in [1.29, 1.82) is 0 Å². The molecule has 0 spiro atoms. The fraction of sp³-hybridized carbons (Fsp3) is 0.182. The van der Waals surface area contributed by atoms with Gasteiger partial charge >= 0.3 is 0 Å². The number of fused-ring (bicyclic) bond motifs is 3. The van der Waals surface area contributed by atoms with Gasteiger partial charge in [-0.25, -0.2) is 13.2 Å². The lowest BCUT2D eigenvalue weighted by atomic mass is 9.93. The predicted molar refractivity (Wildman–Crippen MR) is 258 cm³/mol.